The number of hydrogen-bond donors (Lipinski definition) is 1. The van der Waals surface area contributed by atoms with Crippen molar-refractivity contribution >= 4 is 33.5 Å². The van der Waals surface area contributed by atoms with Crippen LogP contribution in [0.1, 0.15) is 5.69 Å². The molecule has 1 N–H and O–H groups in total. The Hall–Kier alpha value is -5.05. The number of benzene rings is 3. The van der Waals surface area contributed by atoms with Crippen molar-refractivity contribution in [2.45, 2.75) is 6.92 Å². The first-order valence-corrected chi connectivity index (χ1v) is 11.4. The topological polar surface area (TPSA) is 99.7 Å². The third-order valence-corrected chi connectivity index (χ3v) is 5.74. The first-order chi connectivity index (χ1) is 17.7. The zero-order chi connectivity index (χ0) is 24.5. The van der Waals surface area contributed by atoms with Crippen LogP contribution in [-0.4, -0.2) is 42.0 Å². The first-order valence-electron chi connectivity index (χ1n) is 11.4. The van der Waals surface area contributed by atoms with E-state index in [0.29, 0.717) is 28.4 Å². The lowest BCUT2D eigenvalue weighted by Crippen LogP contribution is -2.22. The molecule has 0 saturated carbocycles. The summed E-state index contributed by atoms with van der Waals surface area (Å²) in [4.78, 5) is 21.6. The van der Waals surface area contributed by atoms with Gasteiger partial charge < -0.3 is 10.1 Å². The summed E-state index contributed by atoms with van der Waals surface area (Å²) in [6, 6.07) is 25.2. The molecule has 9 heteroatoms. The Morgan fingerprint density at radius 2 is 1.72 bits per heavy atom. The van der Waals surface area contributed by atoms with Gasteiger partial charge in [-0.3, -0.25) is 4.79 Å². The highest BCUT2D eigenvalue weighted by atomic mass is 16.5. The number of fused-ring (bicyclic) bond motifs is 2. The van der Waals surface area contributed by atoms with Crippen molar-refractivity contribution < 1.29 is 9.53 Å². The molecule has 0 saturated heterocycles. The molecule has 3 aromatic carbocycles. The van der Waals surface area contributed by atoms with E-state index in [2.05, 4.69) is 25.5 Å². The number of aromatic nitrogens is 6. The predicted octanol–water partition coefficient (Wildman–Crippen LogP) is 4.48. The second-order valence-electron chi connectivity index (χ2n) is 8.26. The summed E-state index contributed by atoms with van der Waals surface area (Å²) in [5.41, 5.74) is 2.24. The molecule has 9 nitrogen and oxygen atoms in total. The average molecular weight is 476 g/mol. The van der Waals surface area contributed by atoms with Gasteiger partial charge in [0.2, 0.25) is 0 Å². The minimum atomic E-state index is -0.311. The molecule has 0 atom stereocenters. The first kappa shape index (κ1) is 21.5. The third-order valence-electron chi connectivity index (χ3n) is 5.74. The van der Waals surface area contributed by atoms with E-state index in [0.717, 1.165) is 22.2 Å². The van der Waals surface area contributed by atoms with Crippen LogP contribution in [-0.2, 0) is 4.79 Å². The minimum absolute atomic E-state index is 0.145. The second-order valence-corrected chi connectivity index (χ2v) is 8.26. The number of amides is 1. The Bertz CT molecular complexity index is 1710. The van der Waals surface area contributed by atoms with E-state index in [1.54, 1.807) is 21.6 Å². The second kappa shape index (κ2) is 8.95. The number of hydrogen-bond acceptors (Lipinski definition) is 6. The molecule has 3 aromatic heterocycles. The summed E-state index contributed by atoms with van der Waals surface area (Å²) in [7, 11) is 0. The van der Waals surface area contributed by atoms with Gasteiger partial charge in [-0.15, -0.1) is 0 Å². The third kappa shape index (κ3) is 4.03. The molecule has 3 heterocycles. The molecular weight excluding hydrogens is 454 g/mol. The van der Waals surface area contributed by atoms with E-state index in [1.807, 2.05) is 79.7 Å². The van der Waals surface area contributed by atoms with E-state index in [4.69, 9.17) is 4.74 Å². The molecule has 0 aliphatic heterocycles. The van der Waals surface area contributed by atoms with Gasteiger partial charge in [0.1, 0.15) is 17.9 Å². The Kier molecular flexibility index (Phi) is 5.34. The van der Waals surface area contributed by atoms with Crippen molar-refractivity contribution in [3.63, 3.8) is 0 Å². The van der Waals surface area contributed by atoms with Gasteiger partial charge in [0.25, 0.3) is 5.91 Å². The highest BCUT2D eigenvalue weighted by Crippen LogP contribution is 2.24. The standard InChI is InChI=1S/C27H21N7O2/c1-18-13-24(31-25(35)16-36-22-12-11-19-7-5-6-8-20(19)14-22)34(32-18)27-23-15-30-33(26(23)28-17-29-27)21-9-3-2-4-10-21/h2-15,17H,16H2,1H3,(H,31,35). The van der Waals surface area contributed by atoms with Crippen molar-refractivity contribution in [3.05, 3.63) is 97.1 Å². The molecule has 0 spiro atoms. The van der Waals surface area contributed by atoms with Crippen LogP contribution in [0.2, 0.25) is 0 Å². The molecule has 0 unspecified atom stereocenters. The van der Waals surface area contributed by atoms with Gasteiger partial charge in [0.15, 0.2) is 18.1 Å². The molecule has 0 fully saturated rings. The minimum Gasteiger partial charge on any atom is -0.484 e. The smallest absolute Gasteiger partial charge is 0.263 e. The zero-order valence-electron chi connectivity index (χ0n) is 19.4. The summed E-state index contributed by atoms with van der Waals surface area (Å²) in [5.74, 6) is 1.31. The molecule has 1 amide bonds. The molecule has 36 heavy (non-hydrogen) atoms. The maximum Gasteiger partial charge on any atom is 0.263 e. The summed E-state index contributed by atoms with van der Waals surface area (Å²) in [6.07, 6.45) is 3.16. The number of carbonyl (C=O) groups is 1. The molecule has 0 radical (unpaired) electrons. The number of nitrogens with one attached hydrogen (secondary N) is 1. The van der Waals surface area contributed by atoms with Crippen molar-refractivity contribution in [3.8, 4) is 17.3 Å². The molecular formula is C27H21N7O2. The van der Waals surface area contributed by atoms with Crippen LogP contribution in [0.3, 0.4) is 0 Å². The van der Waals surface area contributed by atoms with Gasteiger partial charge in [-0.25, -0.2) is 14.6 Å². The fourth-order valence-corrected chi connectivity index (χ4v) is 4.09. The quantitative estimate of drug-likeness (QED) is 0.381. The Morgan fingerprint density at radius 1 is 0.917 bits per heavy atom. The number of carbonyl (C=O) groups excluding carboxylic acids is 1. The maximum absolute atomic E-state index is 12.8. The fourth-order valence-electron chi connectivity index (χ4n) is 4.09. The summed E-state index contributed by atoms with van der Waals surface area (Å²) in [5, 5.41) is 14.8. The lowest BCUT2D eigenvalue weighted by atomic mass is 10.1. The van der Waals surface area contributed by atoms with Gasteiger partial charge in [-0.2, -0.15) is 14.9 Å². The van der Waals surface area contributed by atoms with Crippen molar-refractivity contribution in [2.75, 3.05) is 11.9 Å². The Balaban J connectivity index is 1.25. The highest BCUT2D eigenvalue weighted by molar-refractivity contribution is 5.92. The van der Waals surface area contributed by atoms with Crippen molar-refractivity contribution in [1.29, 1.82) is 0 Å². The van der Waals surface area contributed by atoms with E-state index < -0.39 is 0 Å². The number of aryl methyl sites for hydroxylation is 1. The average Bonchev–Trinajstić information content (AvgIpc) is 3.51. The SMILES string of the molecule is Cc1cc(NC(=O)COc2ccc3ccccc3c2)n(-c2ncnc3c2cnn3-c2ccccc2)n1. The van der Waals surface area contributed by atoms with Crippen LogP contribution in [0.25, 0.3) is 33.3 Å². The summed E-state index contributed by atoms with van der Waals surface area (Å²) < 4.78 is 9.07. The molecule has 0 bridgehead atoms. The number of rotatable bonds is 6. The van der Waals surface area contributed by atoms with Crippen molar-refractivity contribution in [2.24, 2.45) is 0 Å². The van der Waals surface area contributed by atoms with Crippen LogP contribution >= 0.6 is 0 Å². The zero-order valence-corrected chi connectivity index (χ0v) is 19.4. The number of anilines is 1. The largest absolute Gasteiger partial charge is 0.484 e. The van der Waals surface area contributed by atoms with E-state index in [1.165, 1.54) is 6.33 Å². The molecule has 0 aliphatic rings. The van der Waals surface area contributed by atoms with Gasteiger partial charge in [-0.05, 0) is 42.0 Å². The van der Waals surface area contributed by atoms with E-state index in [9.17, 15) is 4.79 Å². The highest BCUT2D eigenvalue weighted by Gasteiger charge is 2.18. The normalized spacial score (nSPS) is 11.1. The van der Waals surface area contributed by atoms with Crippen LogP contribution in [0.4, 0.5) is 5.82 Å². The molecule has 6 aromatic rings. The number of ether oxygens (including phenoxy) is 1. The van der Waals surface area contributed by atoms with Gasteiger partial charge >= 0.3 is 0 Å². The van der Waals surface area contributed by atoms with E-state index in [-0.39, 0.29) is 12.5 Å². The lowest BCUT2D eigenvalue weighted by Gasteiger charge is -2.10. The number of nitrogens with zero attached hydrogens (tertiary/aromatic N) is 6. The predicted molar refractivity (Wildman–Crippen MR) is 137 cm³/mol. The van der Waals surface area contributed by atoms with Gasteiger partial charge in [0, 0.05) is 6.07 Å². The monoisotopic (exact) mass is 475 g/mol. The van der Waals surface area contributed by atoms with Crippen LogP contribution < -0.4 is 10.1 Å². The maximum atomic E-state index is 12.8. The van der Waals surface area contributed by atoms with Gasteiger partial charge in [-0.1, -0.05) is 48.5 Å². The van der Waals surface area contributed by atoms with Crippen LogP contribution in [0.5, 0.6) is 5.75 Å². The molecule has 176 valence electrons. The van der Waals surface area contributed by atoms with Crippen LogP contribution in [0.15, 0.2) is 91.4 Å². The van der Waals surface area contributed by atoms with Crippen molar-refractivity contribution in [1.82, 2.24) is 29.5 Å². The van der Waals surface area contributed by atoms with Crippen LogP contribution in [0, 0.1) is 6.92 Å². The molecule has 6 rings (SSSR count). The van der Waals surface area contributed by atoms with Gasteiger partial charge in [0.05, 0.1) is 23.0 Å². The number of para-hydroxylation sites is 1. The Labute approximate surface area is 206 Å². The Morgan fingerprint density at radius 3 is 2.58 bits per heavy atom. The molecule has 0 aliphatic carbocycles. The summed E-state index contributed by atoms with van der Waals surface area (Å²) >= 11 is 0. The summed E-state index contributed by atoms with van der Waals surface area (Å²) in [6.45, 7) is 1.71. The van der Waals surface area contributed by atoms with E-state index >= 15 is 0 Å². The fraction of sp³-hybridized carbons (Fsp3) is 0.0741. The lowest BCUT2D eigenvalue weighted by molar-refractivity contribution is -0.118.